The molecule has 0 aliphatic heterocycles. The Kier molecular flexibility index (Phi) is 5.91. The van der Waals surface area contributed by atoms with Gasteiger partial charge in [0, 0.05) is 23.2 Å². The molecule has 132 valence electrons. The van der Waals surface area contributed by atoms with Gasteiger partial charge < -0.3 is 10.6 Å². The van der Waals surface area contributed by atoms with Crippen molar-refractivity contribution in [3.8, 4) is 0 Å². The molecule has 0 aliphatic rings. The summed E-state index contributed by atoms with van der Waals surface area (Å²) in [5.41, 5.74) is 1.03. The van der Waals surface area contributed by atoms with E-state index in [0.29, 0.717) is 29.7 Å². The summed E-state index contributed by atoms with van der Waals surface area (Å²) in [5, 5.41) is 5.61. The van der Waals surface area contributed by atoms with Crippen LogP contribution in [0, 0.1) is 5.82 Å². The zero-order valence-electron chi connectivity index (χ0n) is 14.7. The van der Waals surface area contributed by atoms with Crippen molar-refractivity contribution in [2.75, 3.05) is 6.54 Å². The van der Waals surface area contributed by atoms with Crippen LogP contribution in [0.1, 0.15) is 47.1 Å². The lowest BCUT2D eigenvalue weighted by Gasteiger charge is -2.20. The summed E-state index contributed by atoms with van der Waals surface area (Å²) in [5.74, 6) is -0.798. The lowest BCUT2D eigenvalue weighted by atomic mass is 10.1. The zero-order valence-corrected chi connectivity index (χ0v) is 14.7. The number of carbonyl (C=O) groups excluding carboxylic acids is 2. The average molecular weight is 342 g/mol. The third kappa shape index (κ3) is 5.71. The minimum absolute atomic E-state index is 0.228. The predicted molar refractivity (Wildman–Crippen MR) is 96.1 cm³/mol. The molecular weight excluding hydrogens is 319 g/mol. The molecule has 0 unspecified atom stereocenters. The molecule has 2 rings (SSSR count). The maximum Gasteiger partial charge on any atom is 0.251 e. The van der Waals surface area contributed by atoms with Crippen LogP contribution in [0.3, 0.4) is 0 Å². The Morgan fingerprint density at radius 2 is 1.60 bits per heavy atom. The lowest BCUT2D eigenvalue weighted by molar-refractivity contribution is 0.0919. The Bertz CT molecular complexity index is 766. The van der Waals surface area contributed by atoms with Crippen molar-refractivity contribution in [1.29, 1.82) is 0 Å². The molecule has 0 bridgehead atoms. The van der Waals surface area contributed by atoms with Crippen LogP contribution < -0.4 is 10.6 Å². The van der Waals surface area contributed by atoms with E-state index < -0.39 is 0 Å². The molecule has 0 atom stereocenters. The summed E-state index contributed by atoms with van der Waals surface area (Å²) in [6.45, 7) is 6.00. The maximum atomic E-state index is 13.6. The fraction of sp³-hybridized carbons (Fsp3) is 0.300. The van der Waals surface area contributed by atoms with Gasteiger partial charge in [-0.05, 0) is 57.0 Å². The summed E-state index contributed by atoms with van der Waals surface area (Å²) in [7, 11) is 0. The van der Waals surface area contributed by atoms with Gasteiger partial charge in [0.1, 0.15) is 5.82 Å². The largest absolute Gasteiger partial charge is 0.352 e. The average Bonchev–Trinajstić information content (AvgIpc) is 2.55. The monoisotopic (exact) mass is 342 g/mol. The first-order valence-corrected chi connectivity index (χ1v) is 8.20. The van der Waals surface area contributed by atoms with Gasteiger partial charge in [0.15, 0.2) is 0 Å². The molecule has 0 fully saturated rings. The second-order valence-corrected chi connectivity index (χ2v) is 6.88. The molecule has 0 saturated carbocycles. The normalized spacial score (nSPS) is 11.0. The van der Waals surface area contributed by atoms with Crippen LogP contribution in [0.25, 0.3) is 0 Å². The van der Waals surface area contributed by atoms with Crippen LogP contribution in [-0.2, 0) is 6.42 Å². The van der Waals surface area contributed by atoms with Crippen molar-refractivity contribution in [1.82, 2.24) is 10.6 Å². The molecule has 0 heterocycles. The van der Waals surface area contributed by atoms with Gasteiger partial charge in [0.25, 0.3) is 11.8 Å². The molecule has 0 radical (unpaired) electrons. The number of hydrogen-bond acceptors (Lipinski definition) is 2. The Hall–Kier alpha value is -2.69. The van der Waals surface area contributed by atoms with E-state index in [9.17, 15) is 14.0 Å². The van der Waals surface area contributed by atoms with E-state index in [1.165, 1.54) is 6.07 Å². The number of rotatable bonds is 5. The Morgan fingerprint density at radius 1 is 0.960 bits per heavy atom. The van der Waals surface area contributed by atoms with Gasteiger partial charge in [-0.3, -0.25) is 9.59 Å². The fourth-order valence-electron chi connectivity index (χ4n) is 2.33. The second-order valence-electron chi connectivity index (χ2n) is 6.88. The molecule has 2 N–H and O–H groups in total. The molecule has 0 spiro atoms. The van der Waals surface area contributed by atoms with Crippen LogP contribution in [0.15, 0.2) is 48.5 Å². The lowest BCUT2D eigenvalue weighted by Crippen LogP contribution is -2.40. The SMILES string of the molecule is CC(C)(C)NC(=O)c1cccc(C(=O)NCCc2ccccc2F)c1. The maximum absolute atomic E-state index is 13.6. The molecular formula is C20H23FN2O2. The number of hydrogen-bond donors (Lipinski definition) is 2. The summed E-state index contributed by atoms with van der Waals surface area (Å²) < 4.78 is 13.6. The summed E-state index contributed by atoms with van der Waals surface area (Å²) in [6, 6.07) is 13.0. The van der Waals surface area contributed by atoms with Crippen LogP contribution >= 0.6 is 0 Å². The highest BCUT2D eigenvalue weighted by Gasteiger charge is 2.16. The third-order valence-corrected chi connectivity index (χ3v) is 3.51. The molecule has 2 aromatic carbocycles. The Balaban J connectivity index is 1.97. The van der Waals surface area contributed by atoms with E-state index in [1.807, 2.05) is 20.8 Å². The molecule has 0 aromatic heterocycles. The number of amides is 2. The summed E-state index contributed by atoms with van der Waals surface area (Å²) >= 11 is 0. The van der Waals surface area contributed by atoms with Crippen LogP contribution in [0.4, 0.5) is 4.39 Å². The minimum Gasteiger partial charge on any atom is -0.352 e. The highest BCUT2D eigenvalue weighted by Crippen LogP contribution is 2.09. The van der Waals surface area contributed by atoms with Gasteiger partial charge in [0.05, 0.1) is 0 Å². The Morgan fingerprint density at radius 3 is 2.24 bits per heavy atom. The number of carbonyl (C=O) groups is 2. The standard InChI is InChI=1S/C20H23FN2O2/c1-20(2,3)23-19(25)16-9-6-8-15(13-16)18(24)22-12-11-14-7-4-5-10-17(14)21/h4-10,13H,11-12H2,1-3H3,(H,22,24)(H,23,25). The van der Waals surface area contributed by atoms with Crippen molar-refractivity contribution in [2.45, 2.75) is 32.7 Å². The van der Waals surface area contributed by atoms with Crippen LogP contribution in [0.2, 0.25) is 0 Å². The fourth-order valence-corrected chi connectivity index (χ4v) is 2.33. The number of benzene rings is 2. The van der Waals surface area contributed by atoms with E-state index in [2.05, 4.69) is 10.6 Å². The minimum atomic E-state index is -0.352. The molecule has 0 saturated heterocycles. The highest BCUT2D eigenvalue weighted by molar-refractivity contribution is 5.99. The Labute approximate surface area is 147 Å². The van der Waals surface area contributed by atoms with Gasteiger partial charge in [-0.15, -0.1) is 0 Å². The van der Waals surface area contributed by atoms with E-state index in [1.54, 1.807) is 42.5 Å². The van der Waals surface area contributed by atoms with Gasteiger partial charge in [-0.1, -0.05) is 24.3 Å². The van der Waals surface area contributed by atoms with E-state index in [0.717, 1.165) is 0 Å². The van der Waals surface area contributed by atoms with Crippen LogP contribution in [0.5, 0.6) is 0 Å². The van der Waals surface area contributed by atoms with Gasteiger partial charge in [0.2, 0.25) is 0 Å². The van der Waals surface area contributed by atoms with E-state index >= 15 is 0 Å². The van der Waals surface area contributed by atoms with Crippen LogP contribution in [-0.4, -0.2) is 23.9 Å². The molecule has 2 aromatic rings. The number of halogens is 1. The summed E-state index contributed by atoms with van der Waals surface area (Å²) in [6.07, 6.45) is 0.405. The van der Waals surface area contributed by atoms with Crippen molar-refractivity contribution < 1.29 is 14.0 Å². The molecule has 2 amide bonds. The third-order valence-electron chi connectivity index (χ3n) is 3.51. The molecule has 4 nitrogen and oxygen atoms in total. The first-order valence-electron chi connectivity index (χ1n) is 8.20. The zero-order chi connectivity index (χ0) is 18.4. The quantitative estimate of drug-likeness (QED) is 0.876. The van der Waals surface area contributed by atoms with E-state index in [4.69, 9.17) is 0 Å². The molecule has 5 heteroatoms. The number of nitrogens with one attached hydrogen (secondary N) is 2. The second kappa shape index (κ2) is 7.92. The predicted octanol–water partition coefficient (Wildman–Crippen LogP) is 3.33. The van der Waals surface area contributed by atoms with Crippen molar-refractivity contribution in [3.05, 3.63) is 71.0 Å². The highest BCUT2D eigenvalue weighted by atomic mass is 19.1. The first kappa shape index (κ1) is 18.6. The van der Waals surface area contributed by atoms with Gasteiger partial charge >= 0.3 is 0 Å². The molecule has 0 aliphatic carbocycles. The van der Waals surface area contributed by atoms with Crippen molar-refractivity contribution in [2.24, 2.45) is 0 Å². The van der Waals surface area contributed by atoms with Gasteiger partial charge in [-0.2, -0.15) is 0 Å². The first-order chi connectivity index (χ1) is 11.8. The smallest absolute Gasteiger partial charge is 0.251 e. The van der Waals surface area contributed by atoms with Crippen molar-refractivity contribution in [3.63, 3.8) is 0 Å². The topological polar surface area (TPSA) is 58.2 Å². The summed E-state index contributed by atoms with van der Waals surface area (Å²) in [4.78, 5) is 24.4. The van der Waals surface area contributed by atoms with Gasteiger partial charge in [-0.25, -0.2) is 4.39 Å². The van der Waals surface area contributed by atoms with E-state index in [-0.39, 0.29) is 23.2 Å². The van der Waals surface area contributed by atoms with Crippen molar-refractivity contribution >= 4 is 11.8 Å². The molecule has 25 heavy (non-hydrogen) atoms.